The van der Waals surface area contributed by atoms with Crippen molar-refractivity contribution in [1.29, 1.82) is 0 Å². The summed E-state index contributed by atoms with van der Waals surface area (Å²) in [5.41, 5.74) is -0.104. The monoisotopic (exact) mass is 281 g/mol. The van der Waals surface area contributed by atoms with Gasteiger partial charge in [0, 0.05) is 19.0 Å². The molecule has 0 saturated carbocycles. The molecular formula is C12H15N3O5. The second-order valence-corrected chi connectivity index (χ2v) is 4.17. The first-order chi connectivity index (χ1) is 9.61. The first-order valence-corrected chi connectivity index (χ1v) is 6.14. The quantitative estimate of drug-likeness (QED) is 0.614. The van der Waals surface area contributed by atoms with Gasteiger partial charge in [0.05, 0.1) is 11.0 Å². The molecule has 0 bridgehead atoms. The Kier molecular flexibility index (Phi) is 4.36. The molecule has 2 rings (SSSR count). The third-order valence-electron chi connectivity index (χ3n) is 2.73. The highest BCUT2D eigenvalue weighted by molar-refractivity contribution is 5.93. The molecule has 8 heteroatoms. The number of anilines is 1. The molecule has 0 fully saturated rings. The highest BCUT2D eigenvalue weighted by atomic mass is 16.6. The average Bonchev–Trinajstić information content (AvgIpc) is 2.44. The number of benzene rings is 1. The first kappa shape index (κ1) is 14.1. The van der Waals surface area contributed by atoms with Gasteiger partial charge in [-0.15, -0.1) is 0 Å². The number of nitrogens with one attached hydrogen (secondary N) is 2. The minimum absolute atomic E-state index is 0.111. The lowest BCUT2D eigenvalue weighted by molar-refractivity contribution is -0.384. The number of amides is 1. The molecule has 1 aromatic rings. The van der Waals surface area contributed by atoms with Crippen LogP contribution >= 0.6 is 0 Å². The highest BCUT2D eigenvalue weighted by Crippen LogP contribution is 2.39. The van der Waals surface area contributed by atoms with Crippen LogP contribution in [0.1, 0.15) is 6.42 Å². The number of ether oxygens (including phenoxy) is 2. The Bertz CT molecular complexity index is 532. The third kappa shape index (κ3) is 3.15. The molecule has 0 aromatic heterocycles. The van der Waals surface area contributed by atoms with Crippen molar-refractivity contribution in [2.75, 3.05) is 32.1 Å². The van der Waals surface area contributed by atoms with Gasteiger partial charge in [-0.2, -0.15) is 0 Å². The van der Waals surface area contributed by atoms with E-state index in [0.29, 0.717) is 31.3 Å². The van der Waals surface area contributed by atoms with E-state index in [9.17, 15) is 14.9 Å². The third-order valence-corrected chi connectivity index (χ3v) is 2.73. The molecule has 108 valence electrons. The van der Waals surface area contributed by atoms with E-state index in [2.05, 4.69) is 10.6 Å². The van der Waals surface area contributed by atoms with E-state index in [1.807, 2.05) is 0 Å². The van der Waals surface area contributed by atoms with Crippen molar-refractivity contribution >= 4 is 17.3 Å². The van der Waals surface area contributed by atoms with Gasteiger partial charge in [-0.1, -0.05) is 0 Å². The predicted molar refractivity (Wildman–Crippen MR) is 71.3 cm³/mol. The van der Waals surface area contributed by atoms with Crippen LogP contribution in [0.5, 0.6) is 11.5 Å². The second kappa shape index (κ2) is 6.20. The Morgan fingerprint density at radius 3 is 2.60 bits per heavy atom. The Morgan fingerprint density at radius 1 is 1.35 bits per heavy atom. The van der Waals surface area contributed by atoms with Crippen molar-refractivity contribution < 1.29 is 19.2 Å². The summed E-state index contributed by atoms with van der Waals surface area (Å²) >= 11 is 0. The highest BCUT2D eigenvalue weighted by Gasteiger charge is 2.23. The van der Waals surface area contributed by atoms with Crippen molar-refractivity contribution in [3.8, 4) is 11.5 Å². The summed E-state index contributed by atoms with van der Waals surface area (Å²) in [6.45, 7) is 1.21. The van der Waals surface area contributed by atoms with Gasteiger partial charge in [0.2, 0.25) is 5.91 Å². The number of rotatable bonds is 5. The average molecular weight is 281 g/mol. The Balaban J connectivity index is 2.25. The maximum Gasteiger partial charge on any atom is 0.296 e. The van der Waals surface area contributed by atoms with Crippen LogP contribution < -0.4 is 20.1 Å². The van der Waals surface area contributed by atoms with Crippen molar-refractivity contribution in [1.82, 2.24) is 5.32 Å². The van der Waals surface area contributed by atoms with Crippen LogP contribution in [0.15, 0.2) is 12.1 Å². The SMILES string of the molecule is CNCCC(=O)Nc1cc2c(cc1[N+](=O)[O-])OCCO2. The van der Waals surface area contributed by atoms with E-state index in [-0.39, 0.29) is 23.7 Å². The van der Waals surface area contributed by atoms with Gasteiger partial charge < -0.3 is 20.1 Å². The van der Waals surface area contributed by atoms with E-state index in [0.717, 1.165) is 0 Å². The fraction of sp³-hybridized carbons (Fsp3) is 0.417. The van der Waals surface area contributed by atoms with Crippen LogP contribution in [0.25, 0.3) is 0 Å². The van der Waals surface area contributed by atoms with Gasteiger partial charge in [0.15, 0.2) is 11.5 Å². The molecule has 0 spiro atoms. The van der Waals surface area contributed by atoms with E-state index in [1.165, 1.54) is 12.1 Å². The molecule has 0 radical (unpaired) electrons. The Hall–Kier alpha value is -2.35. The zero-order chi connectivity index (χ0) is 14.5. The van der Waals surface area contributed by atoms with E-state index in [1.54, 1.807) is 7.05 Å². The molecule has 0 unspecified atom stereocenters. The molecule has 20 heavy (non-hydrogen) atoms. The van der Waals surface area contributed by atoms with Crippen LogP contribution in [0.2, 0.25) is 0 Å². The zero-order valence-electron chi connectivity index (χ0n) is 11.0. The summed E-state index contributed by atoms with van der Waals surface area (Å²) in [5.74, 6) is 0.404. The fourth-order valence-electron chi connectivity index (χ4n) is 1.78. The lowest BCUT2D eigenvalue weighted by Crippen LogP contribution is -2.20. The van der Waals surface area contributed by atoms with E-state index < -0.39 is 4.92 Å². The largest absolute Gasteiger partial charge is 0.486 e. The van der Waals surface area contributed by atoms with Crippen LogP contribution in [0.3, 0.4) is 0 Å². The normalized spacial score (nSPS) is 12.8. The van der Waals surface area contributed by atoms with Crippen molar-refractivity contribution in [2.45, 2.75) is 6.42 Å². The molecule has 2 N–H and O–H groups in total. The molecule has 0 atom stereocenters. The molecule has 1 amide bonds. The maximum absolute atomic E-state index is 11.7. The van der Waals surface area contributed by atoms with E-state index in [4.69, 9.17) is 9.47 Å². The number of carbonyl (C=O) groups excluding carboxylic acids is 1. The fourth-order valence-corrected chi connectivity index (χ4v) is 1.78. The lowest BCUT2D eigenvalue weighted by Gasteiger charge is -2.19. The van der Waals surface area contributed by atoms with Gasteiger partial charge in [-0.3, -0.25) is 14.9 Å². The van der Waals surface area contributed by atoms with Gasteiger partial charge in [0.25, 0.3) is 5.69 Å². The number of nitrogens with zero attached hydrogens (tertiary/aromatic N) is 1. The predicted octanol–water partition coefficient (Wildman–Crippen LogP) is 0.914. The van der Waals surface area contributed by atoms with Gasteiger partial charge in [-0.05, 0) is 7.05 Å². The molecule has 8 nitrogen and oxygen atoms in total. The van der Waals surface area contributed by atoms with Crippen LogP contribution in [0.4, 0.5) is 11.4 Å². The molecule has 0 saturated heterocycles. The minimum atomic E-state index is -0.564. The molecule has 1 aliphatic heterocycles. The van der Waals surface area contributed by atoms with Gasteiger partial charge in [0.1, 0.15) is 18.9 Å². The summed E-state index contributed by atoms with van der Waals surface area (Å²) in [7, 11) is 1.72. The number of hydrogen-bond acceptors (Lipinski definition) is 6. The standard InChI is InChI=1S/C12H15N3O5/c1-13-3-2-12(16)14-8-6-10-11(20-5-4-19-10)7-9(8)15(17)18/h6-7,13H,2-5H2,1H3,(H,14,16). The minimum Gasteiger partial charge on any atom is -0.486 e. The zero-order valence-corrected chi connectivity index (χ0v) is 11.0. The van der Waals surface area contributed by atoms with E-state index >= 15 is 0 Å². The van der Waals surface area contributed by atoms with Crippen molar-refractivity contribution in [3.05, 3.63) is 22.2 Å². The molecular weight excluding hydrogens is 266 g/mol. The summed E-state index contributed by atoms with van der Waals surface area (Å²) in [5, 5.41) is 16.4. The van der Waals surface area contributed by atoms with Crippen LogP contribution in [0, 0.1) is 10.1 Å². The van der Waals surface area contributed by atoms with Crippen molar-refractivity contribution in [3.63, 3.8) is 0 Å². The summed E-state index contributed by atoms with van der Waals surface area (Å²) in [4.78, 5) is 22.2. The summed E-state index contributed by atoms with van der Waals surface area (Å²) in [6, 6.07) is 2.69. The number of hydrogen-bond donors (Lipinski definition) is 2. The topological polar surface area (TPSA) is 103 Å². The number of carbonyl (C=O) groups is 1. The van der Waals surface area contributed by atoms with Gasteiger partial charge >= 0.3 is 0 Å². The molecule has 1 heterocycles. The molecule has 1 aromatic carbocycles. The molecule has 1 aliphatic rings. The number of nitro groups is 1. The lowest BCUT2D eigenvalue weighted by atomic mass is 10.2. The van der Waals surface area contributed by atoms with Gasteiger partial charge in [-0.25, -0.2) is 0 Å². The maximum atomic E-state index is 11.7. The van der Waals surface area contributed by atoms with Crippen LogP contribution in [-0.2, 0) is 4.79 Å². The number of nitro benzene ring substituents is 1. The second-order valence-electron chi connectivity index (χ2n) is 4.17. The van der Waals surface area contributed by atoms with Crippen LogP contribution in [-0.4, -0.2) is 37.6 Å². The smallest absolute Gasteiger partial charge is 0.296 e. The summed E-state index contributed by atoms with van der Waals surface area (Å²) in [6.07, 6.45) is 0.224. The molecule has 0 aliphatic carbocycles. The number of fused-ring (bicyclic) bond motifs is 1. The van der Waals surface area contributed by atoms with Crippen molar-refractivity contribution in [2.24, 2.45) is 0 Å². The Morgan fingerprint density at radius 2 is 2.00 bits per heavy atom. The summed E-state index contributed by atoms with van der Waals surface area (Å²) < 4.78 is 10.6. The Labute approximate surface area is 115 Å². The first-order valence-electron chi connectivity index (χ1n) is 6.14.